The minimum absolute atomic E-state index is 0.225. The first kappa shape index (κ1) is 19.0. The molecule has 0 spiro atoms. The van der Waals surface area contributed by atoms with Crippen molar-refractivity contribution in [2.24, 2.45) is 0 Å². The third-order valence-corrected chi connectivity index (χ3v) is 4.54. The van der Waals surface area contributed by atoms with Crippen molar-refractivity contribution in [1.29, 1.82) is 0 Å². The van der Waals surface area contributed by atoms with Crippen LogP contribution in [0.25, 0.3) is 0 Å². The van der Waals surface area contributed by atoms with Crippen LogP contribution in [0.2, 0.25) is 5.02 Å². The minimum atomic E-state index is -0.585. The molecule has 0 aliphatic rings. The minimum Gasteiger partial charge on any atom is -0.343 e. The van der Waals surface area contributed by atoms with Crippen LogP contribution in [-0.4, -0.2) is 50.4 Å². The Bertz CT molecular complexity index is 808. The molecule has 25 heavy (non-hydrogen) atoms. The second-order valence-electron chi connectivity index (χ2n) is 6.02. The second-order valence-corrected chi connectivity index (χ2v) is 6.39. The van der Waals surface area contributed by atoms with E-state index >= 15 is 0 Å². The molecule has 2 aromatic heterocycles. The van der Waals surface area contributed by atoms with E-state index in [4.69, 9.17) is 11.6 Å². The number of amides is 2. The number of nitrogens with zero attached hydrogens (tertiary/aromatic N) is 5. The van der Waals surface area contributed by atoms with Crippen molar-refractivity contribution in [2.75, 3.05) is 19.4 Å². The average molecular weight is 367 g/mol. The Hall–Kier alpha value is -2.35. The number of carbonyl (C=O) groups is 2. The van der Waals surface area contributed by atoms with E-state index < -0.39 is 6.04 Å². The number of rotatable bonds is 5. The molecule has 0 radical (unpaired) electrons. The molecule has 8 nitrogen and oxygen atoms in total. The summed E-state index contributed by atoms with van der Waals surface area (Å²) in [6, 6.07) is -0.585. The van der Waals surface area contributed by atoms with E-state index in [2.05, 4.69) is 15.5 Å². The van der Waals surface area contributed by atoms with Crippen LogP contribution in [0.4, 0.5) is 5.69 Å². The van der Waals surface area contributed by atoms with E-state index in [9.17, 15) is 9.59 Å². The maximum absolute atomic E-state index is 12.7. The van der Waals surface area contributed by atoms with Crippen LogP contribution >= 0.6 is 11.6 Å². The van der Waals surface area contributed by atoms with Gasteiger partial charge in [0.1, 0.15) is 11.7 Å². The number of carbonyl (C=O) groups excluding carboxylic acids is 2. The lowest BCUT2D eigenvalue weighted by Crippen LogP contribution is -2.29. The van der Waals surface area contributed by atoms with Crippen molar-refractivity contribution < 1.29 is 9.59 Å². The summed E-state index contributed by atoms with van der Waals surface area (Å²) in [5.41, 5.74) is 2.11. The van der Waals surface area contributed by atoms with Crippen LogP contribution in [0.3, 0.4) is 0 Å². The van der Waals surface area contributed by atoms with Gasteiger partial charge in [-0.3, -0.25) is 19.0 Å². The molecule has 2 amide bonds. The monoisotopic (exact) mass is 366 g/mol. The number of anilines is 1. The summed E-state index contributed by atoms with van der Waals surface area (Å²) in [7, 11) is 3.31. The smallest absolute Gasteiger partial charge is 0.273 e. The first-order valence-electron chi connectivity index (χ1n) is 7.98. The topological polar surface area (TPSA) is 85.0 Å². The quantitative estimate of drug-likeness (QED) is 0.879. The third-order valence-electron chi connectivity index (χ3n) is 3.99. The van der Waals surface area contributed by atoms with Crippen LogP contribution in [0, 0.1) is 13.8 Å². The number of nitrogens with one attached hydrogen (secondary N) is 1. The summed E-state index contributed by atoms with van der Waals surface area (Å²) in [5.74, 6) is -0.526. The Morgan fingerprint density at radius 3 is 2.48 bits per heavy atom. The van der Waals surface area contributed by atoms with Gasteiger partial charge in [0.2, 0.25) is 5.91 Å². The normalized spacial score (nSPS) is 12.1. The first-order chi connectivity index (χ1) is 11.7. The van der Waals surface area contributed by atoms with Crippen LogP contribution in [0.15, 0.2) is 6.20 Å². The predicted octanol–water partition coefficient (Wildman–Crippen LogP) is 2.27. The zero-order chi connectivity index (χ0) is 18.9. The van der Waals surface area contributed by atoms with Crippen LogP contribution in [-0.2, 0) is 11.3 Å². The molecule has 0 aliphatic heterocycles. The van der Waals surface area contributed by atoms with Crippen molar-refractivity contribution in [3.8, 4) is 0 Å². The van der Waals surface area contributed by atoms with E-state index in [0.717, 1.165) is 5.69 Å². The fourth-order valence-corrected chi connectivity index (χ4v) is 2.65. The predicted molar refractivity (Wildman–Crippen MR) is 96.0 cm³/mol. The number of aromatic nitrogens is 4. The van der Waals surface area contributed by atoms with E-state index in [1.165, 1.54) is 11.1 Å². The van der Waals surface area contributed by atoms with E-state index in [1.807, 2.05) is 13.8 Å². The van der Waals surface area contributed by atoms with Crippen molar-refractivity contribution in [1.82, 2.24) is 24.5 Å². The van der Waals surface area contributed by atoms with Crippen molar-refractivity contribution in [2.45, 2.75) is 40.3 Å². The number of halogens is 1. The maximum Gasteiger partial charge on any atom is 0.273 e. The van der Waals surface area contributed by atoms with E-state index in [1.54, 1.807) is 37.3 Å². The Morgan fingerprint density at radius 1 is 1.36 bits per heavy atom. The molecule has 2 heterocycles. The lowest BCUT2D eigenvalue weighted by molar-refractivity contribution is -0.119. The zero-order valence-electron chi connectivity index (χ0n) is 15.3. The lowest BCUT2D eigenvalue weighted by Gasteiger charge is -2.16. The summed E-state index contributed by atoms with van der Waals surface area (Å²) in [4.78, 5) is 26.5. The van der Waals surface area contributed by atoms with Gasteiger partial charge in [-0.05, 0) is 27.7 Å². The van der Waals surface area contributed by atoms with Gasteiger partial charge in [0.15, 0.2) is 0 Å². The molecule has 0 saturated carbocycles. The summed E-state index contributed by atoms with van der Waals surface area (Å²) < 4.78 is 3.13. The van der Waals surface area contributed by atoms with Gasteiger partial charge in [-0.1, -0.05) is 11.6 Å². The highest BCUT2D eigenvalue weighted by molar-refractivity contribution is 6.31. The zero-order valence-corrected chi connectivity index (χ0v) is 16.0. The molecule has 1 atom stereocenters. The van der Waals surface area contributed by atoms with Crippen molar-refractivity contribution >= 4 is 29.1 Å². The summed E-state index contributed by atoms with van der Waals surface area (Å²) in [5, 5.41) is 11.8. The molecule has 1 N–H and O–H groups in total. The van der Waals surface area contributed by atoms with Gasteiger partial charge in [-0.2, -0.15) is 10.2 Å². The van der Waals surface area contributed by atoms with Gasteiger partial charge in [0.05, 0.1) is 28.3 Å². The van der Waals surface area contributed by atoms with Crippen molar-refractivity contribution in [3.63, 3.8) is 0 Å². The van der Waals surface area contributed by atoms with Gasteiger partial charge in [-0.25, -0.2) is 0 Å². The van der Waals surface area contributed by atoms with Crippen LogP contribution in [0.1, 0.15) is 41.8 Å². The van der Waals surface area contributed by atoms with Gasteiger partial charge < -0.3 is 10.2 Å². The molecule has 1 unspecified atom stereocenters. The fraction of sp³-hybridized carbons (Fsp3) is 0.500. The van der Waals surface area contributed by atoms with Gasteiger partial charge in [0.25, 0.3) is 5.91 Å². The molecule has 0 aromatic carbocycles. The molecule has 9 heteroatoms. The number of aryl methyl sites for hydroxylation is 2. The lowest BCUT2D eigenvalue weighted by atomic mass is 10.2. The largest absolute Gasteiger partial charge is 0.343 e. The molecule has 0 saturated heterocycles. The highest BCUT2D eigenvalue weighted by atomic mass is 35.5. The second kappa shape index (κ2) is 7.26. The van der Waals surface area contributed by atoms with Crippen LogP contribution < -0.4 is 5.32 Å². The number of hydrogen-bond acceptors (Lipinski definition) is 4. The molecular formula is C16H23ClN6O2. The molecular weight excluding hydrogens is 344 g/mol. The molecule has 0 bridgehead atoms. The molecule has 0 aliphatic carbocycles. The standard InChI is InChI=1S/C16H23ClN6O2/c1-7-22-14(16(25)21(5)6)12(8-18-22)19-15(24)11(4)23-10(3)13(17)9(2)20-23/h8,11H,7H2,1-6H3,(H,19,24). The van der Waals surface area contributed by atoms with Gasteiger partial charge >= 0.3 is 0 Å². The van der Waals surface area contributed by atoms with E-state index in [0.29, 0.717) is 28.6 Å². The SMILES string of the molecule is CCn1ncc(NC(=O)C(C)n2nc(C)c(Cl)c2C)c1C(=O)N(C)C. The molecule has 136 valence electrons. The highest BCUT2D eigenvalue weighted by Gasteiger charge is 2.25. The Morgan fingerprint density at radius 2 is 2.00 bits per heavy atom. The average Bonchev–Trinajstić information content (AvgIpc) is 3.09. The Kier molecular flexibility index (Phi) is 5.52. The summed E-state index contributed by atoms with van der Waals surface area (Å²) in [6.07, 6.45) is 1.49. The summed E-state index contributed by atoms with van der Waals surface area (Å²) >= 11 is 6.15. The molecule has 2 aromatic rings. The fourth-order valence-electron chi connectivity index (χ4n) is 2.52. The maximum atomic E-state index is 12.7. The Balaban J connectivity index is 2.30. The molecule has 2 rings (SSSR count). The highest BCUT2D eigenvalue weighted by Crippen LogP contribution is 2.24. The number of hydrogen-bond donors (Lipinski definition) is 1. The van der Waals surface area contributed by atoms with Gasteiger partial charge in [0, 0.05) is 20.6 Å². The van der Waals surface area contributed by atoms with Gasteiger partial charge in [-0.15, -0.1) is 0 Å². The van der Waals surface area contributed by atoms with Crippen molar-refractivity contribution in [3.05, 3.63) is 28.3 Å². The Labute approximate surface area is 151 Å². The first-order valence-corrected chi connectivity index (χ1v) is 8.36. The third kappa shape index (κ3) is 3.53. The summed E-state index contributed by atoms with van der Waals surface area (Å²) in [6.45, 7) is 7.72. The van der Waals surface area contributed by atoms with E-state index in [-0.39, 0.29) is 11.8 Å². The molecule has 0 fully saturated rings. The van der Waals surface area contributed by atoms with Crippen LogP contribution in [0.5, 0.6) is 0 Å².